The molecule has 0 aliphatic rings. The summed E-state index contributed by atoms with van der Waals surface area (Å²) in [5.74, 6) is 0.101. The molecule has 134 valence electrons. The second-order valence-corrected chi connectivity index (χ2v) is 6.59. The number of hydrogen-bond acceptors (Lipinski definition) is 2. The van der Waals surface area contributed by atoms with E-state index >= 15 is 0 Å². The van der Waals surface area contributed by atoms with Crippen molar-refractivity contribution in [1.82, 2.24) is 15.1 Å². The van der Waals surface area contributed by atoms with Crippen LogP contribution in [0.4, 0.5) is 0 Å². The molecule has 0 spiro atoms. The van der Waals surface area contributed by atoms with E-state index in [1.807, 2.05) is 36.7 Å². The van der Waals surface area contributed by atoms with E-state index in [4.69, 9.17) is 0 Å². The highest BCUT2D eigenvalue weighted by Crippen LogP contribution is 2.14. The van der Waals surface area contributed by atoms with Gasteiger partial charge in [0.15, 0.2) is 0 Å². The summed E-state index contributed by atoms with van der Waals surface area (Å²) in [4.78, 5) is 12.0. The molecule has 0 saturated heterocycles. The number of carbonyl (C=O) groups excluding carboxylic acids is 1. The van der Waals surface area contributed by atoms with Gasteiger partial charge >= 0.3 is 0 Å². The van der Waals surface area contributed by atoms with Crippen molar-refractivity contribution in [2.45, 2.75) is 33.1 Å². The first-order valence-electron chi connectivity index (χ1n) is 9.05. The highest BCUT2D eigenvalue weighted by molar-refractivity contribution is 5.76. The van der Waals surface area contributed by atoms with E-state index in [1.165, 1.54) is 5.56 Å². The summed E-state index contributed by atoms with van der Waals surface area (Å²) in [5, 5.41) is 7.49. The molecule has 3 rings (SSSR count). The number of amides is 1. The minimum atomic E-state index is 0.101. The lowest BCUT2D eigenvalue weighted by Crippen LogP contribution is -2.25. The van der Waals surface area contributed by atoms with Gasteiger partial charge in [0.2, 0.25) is 5.91 Å². The van der Waals surface area contributed by atoms with Crippen molar-refractivity contribution in [3.63, 3.8) is 0 Å². The standard InChI is InChI=1S/C22H25N3O/c1-17-16-18(2)25(24-17)21-11-8-20(9-12-21)10-13-22(26)23-15-14-19-6-4-3-5-7-19/h3-9,11-12,16H,10,13-15H2,1-2H3,(H,23,26). The van der Waals surface area contributed by atoms with E-state index < -0.39 is 0 Å². The number of aromatic nitrogens is 2. The first kappa shape index (κ1) is 17.9. The Kier molecular flexibility index (Phi) is 5.84. The molecule has 1 aromatic heterocycles. The average molecular weight is 347 g/mol. The van der Waals surface area contributed by atoms with Crippen molar-refractivity contribution in [1.29, 1.82) is 0 Å². The van der Waals surface area contributed by atoms with E-state index in [1.54, 1.807) is 0 Å². The quantitative estimate of drug-likeness (QED) is 0.707. The lowest BCUT2D eigenvalue weighted by Gasteiger charge is -2.07. The Morgan fingerprint density at radius 3 is 2.31 bits per heavy atom. The van der Waals surface area contributed by atoms with Crippen LogP contribution in [0.15, 0.2) is 60.7 Å². The van der Waals surface area contributed by atoms with Crippen LogP contribution in [0.1, 0.15) is 28.9 Å². The number of nitrogens with one attached hydrogen (secondary N) is 1. The molecule has 4 nitrogen and oxygen atoms in total. The monoisotopic (exact) mass is 347 g/mol. The molecule has 1 amide bonds. The molecular formula is C22H25N3O. The van der Waals surface area contributed by atoms with E-state index in [2.05, 4.69) is 52.9 Å². The Balaban J connectivity index is 1.45. The van der Waals surface area contributed by atoms with Gasteiger partial charge in [0, 0.05) is 18.7 Å². The molecule has 26 heavy (non-hydrogen) atoms. The van der Waals surface area contributed by atoms with Gasteiger partial charge in [-0.05, 0) is 56.0 Å². The Labute approximate surface area is 154 Å². The predicted molar refractivity (Wildman–Crippen MR) is 105 cm³/mol. The molecule has 0 saturated carbocycles. The normalized spacial score (nSPS) is 10.7. The number of aryl methyl sites for hydroxylation is 3. The predicted octanol–water partition coefficient (Wildman–Crippen LogP) is 3.78. The van der Waals surface area contributed by atoms with Crippen molar-refractivity contribution in [3.05, 3.63) is 83.2 Å². The van der Waals surface area contributed by atoms with Crippen LogP contribution in [-0.4, -0.2) is 22.2 Å². The summed E-state index contributed by atoms with van der Waals surface area (Å²) in [5.41, 5.74) is 5.58. The molecule has 0 fully saturated rings. The van der Waals surface area contributed by atoms with E-state index in [-0.39, 0.29) is 5.91 Å². The molecular weight excluding hydrogens is 322 g/mol. The van der Waals surface area contributed by atoms with Crippen molar-refractivity contribution in [2.24, 2.45) is 0 Å². The number of rotatable bonds is 7. The summed E-state index contributed by atoms with van der Waals surface area (Å²) in [6.07, 6.45) is 2.12. The van der Waals surface area contributed by atoms with Gasteiger partial charge in [0.05, 0.1) is 11.4 Å². The van der Waals surface area contributed by atoms with Crippen molar-refractivity contribution in [3.8, 4) is 5.69 Å². The second-order valence-electron chi connectivity index (χ2n) is 6.59. The van der Waals surface area contributed by atoms with Crippen LogP contribution in [0.3, 0.4) is 0 Å². The van der Waals surface area contributed by atoms with Gasteiger partial charge < -0.3 is 5.32 Å². The molecule has 1 N–H and O–H groups in total. The van der Waals surface area contributed by atoms with Crippen molar-refractivity contribution >= 4 is 5.91 Å². The molecule has 0 aliphatic heterocycles. The number of nitrogens with zero attached hydrogens (tertiary/aromatic N) is 2. The zero-order valence-electron chi connectivity index (χ0n) is 15.4. The third-order valence-electron chi connectivity index (χ3n) is 4.41. The summed E-state index contributed by atoms with van der Waals surface area (Å²) < 4.78 is 1.94. The van der Waals surface area contributed by atoms with Crippen LogP contribution >= 0.6 is 0 Å². The first-order valence-corrected chi connectivity index (χ1v) is 9.05. The Hall–Kier alpha value is -2.88. The molecule has 1 heterocycles. The highest BCUT2D eigenvalue weighted by Gasteiger charge is 2.05. The molecule has 0 radical (unpaired) electrons. The molecule has 0 atom stereocenters. The number of benzene rings is 2. The SMILES string of the molecule is Cc1cc(C)n(-c2ccc(CCC(=O)NCCc3ccccc3)cc2)n1. The third-order valence-corrected chi connectivity index (χ3v) is 4.41. The highest BCUT2D eigenvalue weighted by atomic mass is 16.1. The van der Waals surface area contributed by atoms with Crippen LogP contribution in [-0.2, 0) is 17.6 Å². The van der Waals surface area contributed by atoms with Crippen molar-refractivity contribution in [2.75, 3.05) is 6.54 Å². The maximum atomic E-state index is 12.0. The van der Waals surface area contributed by atoms with Gasteiger partial charge in [-0.1, -0.05) is 42.5 Å². The van der Waals surface area contributed by atoms with E-state index in [0.717, 1.165) is 35.5 Å². The fourth-order valence-electron chi connectivity index (χ4n) is 3.03. The third kappa shape index (κ3) is 4.82. The molecule has 0 aliphatic carbocycles. The zero-order valence-corrected chi connectivity index (χ0v) is 15.4. The Morgan fingerprint density at radius 2 is 1.65 bits per heavy atom. The van der Waals surface area contributed by atoms with Crippen LogP contribution in [0.25, 0.3) is 5.69 Å². The summed E-state index contributed by atoms with van der Waals surface area (Å²) in [6.45, 7) is 4.72. The lowest BCUT2D eigenvalue weighted by atomic mass is 10.1. The average Bonchev–Trinajstić information content (AvgIpc) is 2.99. The molecule has 4 heteroatoms. The van der Waals surface area contributed by atoms with Gasteiger partial charge in [-0.2, -0.15) is 5.10 Å². The Bertz CT molecular complexity index is 851. The van der Waals surface area contributed by atoms with Gasteiger partial charge in [0.1, 0.15) is 0 Å². The summed E-state index contributed by atoms with van der Waals surface area (Å²) in [7, 11) is 0. The lowest BCUT2D eigenvalue weighted by molar-refractivity contribution is -0.121. The van der Waals surface area contributed by atoms with Crippen LogP contribution < -0.4 is 5.32 Å². The maximum Gasteiger partial charge on any atom is 0.220 e. The minimum absolute atomic E-state index is 0.101. The molecule has 2 aromatic carbocycles. The maximum absolute atomic E-state index is 12.0. The molecule has 3 aromatic rings. The molecule has 0 bridgehead atoms. The van der Waals surface area contributed by atoms with Crippen LogP contribution in [0, 0.1) is 13.8 Å². The van der Waals surface area contributed by atoms with Crippen molar-refractivity contribution < 1.29 is 4.79 Å². The summed E-state index contributed by atoms with van der Waals surface area (Å²) in [6, 6.07) is 20.5. The largest absolute Gasteiger partial charge is 0.356 e. The van der Waals surface area contributed by atoms with Gasteiger partial charge in [-0.15, -0.1) is 0 Å². The van der Waals surface area contributed by atoms with Gasteiger partial charge in [-0.3, -0.25) is 4.79 Å². The van der Waals surface area contributed by atoms with E-state index in [0.29, 0.717) is 13.0 Å². The van der Waals surface area contributed by atoms with Crippen LogP contribution in [0.5, 0.6) is 0 Å². The second kappa shape index (κ2) is 8.48. The number of carbonyl (C=O) groups is 1. The summed E-state index contributed by atoms with van der Waals surface area (Å²) >= 11 is 0. The number of hydrogen-bond donors (Lipinski definition) is 1. The first-order chi connectivity index (χ1) is 12.6. The molecule has 0 unspecified atom stereocenters. The fourth-order valence-corrected chi connectivity index (χ4v) is 3.03. The fraction of sp³-hybridized carbons (Fsp3) is 0.273. The topological polar surface area (TPSA) is 46.9 Å². The zero-order chi connectivity index (χ0) is 18.4. The van der Waals surface area contributed by atoms with E-state index in [9.17, 15) is 4.79 Å². The van der Waals surface area contributed by atoms with Gasteiger partial charge in [0.25, 0.3) is 0 Å². The smallest absolute Gasteiger partial charge is 0.220 e. The Morgan fingerprint density at radius 1 is 0.962 bits per heavy atom. The van der Waals surface area contributed by atoms with Crippen LogP contribution in [0.2, 0.25) is 0 Å². The minimum Gasteiger partial charge on any atom is -0.356 e. The van der Waals surface area contributed by atoms with Gasteiger partial charge in [-0.25, -0.2) is 4.68 Å².